The first-order valence-corrected chi connectivity index (χ1v) is 8.86. The minimum Gasteiger partial charge on any atom is -0.425 e. The van der Waals surface area contributed by atoms with Crippen LogP contribution in [0.4, 0.5) is 0 Å². The fourth-order valence-corrected chi connectivity index (χ4v) is 2.69. The van der Waals surface area contributed by atoms with Crippen molar-refractivity contribution in [3.05, 3.63) is 12.2 Å². The summed E-state index contributed by atoms with van der Waals surface area (Å²) in [4.78, 5) is 23.0. The van der Waals surface area contributed by atoms with Crippen molar-refractivity contribution in [3.63, 3.8) is 0 Å². The highest BCUT2D eigenvalue weighted by Crippen LogP contribution is 2.27. The zero-order valence-corrected chi connectivity index (χ0v) is 17.2. The zero-order valence-electron chi connectivity index (χ0n) is 17.2. The maximum atomic E-state index is 11.8. The monoisotopic (exact) mass is 356 g/mol. The Bertz CT molecular complexity index is 479. The Morgan fingerprint density at radius 2 is 1.76 bits per heavy atom. The van der Waals surface area contributed by atoms with E-state index < -0.39 is 23.1 Å². The predicted octanol–water partition coefficient (Wildman–Crippen LogP) is 4.03. The van der Waals surface area contributed by atoms with Crippen molar-refractivity contribution in [2.24, 2.45) is 11.3 Å². The SMILES string of the molecule is C=C1CC(=O)OC(C)(OCCC(C)(C)O)C1=O.CC(C)CC(C)(C)C. The van der Waals surface area contributed by atoms with Gasteiger partial charge in [0.1, 0.15) is 0 Å². The molecule has 1 saturated heterocycles. The van der Waals surface area contributed by atoms with Gasteiger partial charge in [0.2, 0.25) is 5.78 Å². The first-order chi connectivity index (χ1) is 11.1. The lowest BCUT2D eigenvalue weighted by molar-refractivity contribution is -0.225. The Morgan fingerprint density at radius 1 is 1.24 bits per heavy atom. The highest BCUT2D eigenvalue weighted by molar-refractivity contribution is 6.06. The van der Waals surface area contributed by atoms with E-state index in [9.17, 15) is 14.7 Å². The smallest absolute Gasteiger partial charge is 0.313 e. The van der Waals surface area contributed by atoms with Crippen LogP contribution in [0, 0.1) is 11.3 Å². The van der Waals surface area contributed by atoms with Gasteiger partial charge in [-0.25, -0.2) is 0 Å². The van der Waals surface area contributed by atoms with Crippen LogP contribution in [-0.2, 0) is 19.1 Å². The van der Waals surface area contributed by atoms with Crippen LogP contribution in [0.3, 0.4) is 0 Å². The van der Waals surface area contributed by atoms with Crippen LogP contribution in [0.2, 0.25) is 0 Å². The van der Waals surface area contributed by atoms with Crippen LogP contribution in [0.5, 0.6) is 0 Å². The number of hydrogen-bond acceptors (Lipinski definition) is 5. The molecule has 1 heterocycles. The number of hydrogen-bond donors (Lipinski definition) is 1. The van der Waals surface area contributed by atoms with E-state index in [-0.39, 0.29) is 18.6 Å². The number of ketones is 1. The molecule has 0 aromatic heterocycles. The van der Waals surface area contributed by atoms with Gasteiger partial charge in [0, 0.05) is 12.5 Å². The fraction of sp³-hybridized carbons (Fsp3) is 0.800. The average molecular weight is 357 g/mol. The maximum absolute atomic E-state index is 11.8. The molecule has 5 nitrogen and oxygen atoms in total. The second-order valence-corrected chi connectivity index (χ2v) is 9.10. The Morgan fingerprint density at radius 3 is 2.12 bits per heavy atom. The topological polar surface area (TPSA) is 72.8 Å². The average Bonchev–Trinajstić information content (AvgIpc) is 2.31. The summed E-state index contributed by atoms with van der Waals surface area (Å²) >= 11 is 0. The van der Waals surface area contributed by atoms with Crippen molar-refractivity contribution in [2.45, 2.75) is 86.0 Å². The van der Waals surface area contributed by atoms with Crippen molar-refractivity contribution in [1.82, 2.24) is 0 Å². The van der Waals surface area contributed by atoms with E-state index >= 15 is 0 Å². The van der Waals surface area contributed by atoms with E-state index in [1.807, 2.05) is 0 Å². The molecule has 1 atom stereocenters. The normalized spacial score (nSPS) is 21.8. The van der Waals surface area contributed by atoms with E-state index in [4.69, 9.17) is 9.47 Å². The summed E-state index contributed by atoms with van der Waals surface area (Å²) in [5.41, 5.74) is -0.185. The standard InChI is InChI=1S/C12H18O5.C8H18/c1-8-7-9(13)17-12(4,10(8)14)16-6-5-11(2,3)15;1-7(2)6-8(3,4)5/h15H,1,5-7H2,2-4H3;7H,6H2,1-5H3. The van der Waals surface area contributed by atoms with Crippen molar-refractivity contribution in [2.75, 3.05) is 6.61 Å². The molecule has 0 aromatic rings. The molecular formula is C20H36O5. The van der Waals surface area contributed by atoms with Crippen LogP contribution in [0.15, 0.2) is 12.2 Å². The lowest BCUT2D eigenvalue weighted by atomic mass is 9.86. The highest BCUT2D eigenvalue weighted by Gasteiger charge is 2.44. The number of cyclic esters (lactones) is 1. The van der Waals surface area contributed by atoms with E-state index in [2.05, 4.69) is 41.2 Å². The van der Waals surface area contributed by atoms with Gasteiger partial charge in [0.05, 0.1) is 18.6 Å². The van der Waals surface area contributed by atoms with Crippen LogP contribution in [0.25, 0.3) is 0 Å². The molecule has 0 spiro atoms. The molecule has 0 amide bonds. The molecule has 1 unspecified atom stereocenters. The molecule has 5 heteroatoms. The summed E-state index contributed by atoms with van der Waals surface area (Å²) in [6.07, 6.45) is 1.57. The highest BCUT2D eigenvalue weighted by atomic mass is 16.7. The molecule has 0 bridgehead atoms. The number of rotatable bonds is 5. The van der Waals surface area contributed by atoms with Crippen LogP contribution < -0.4 is 0 Å². The third kappa shape index (κ3) is 10.4. The quantitative estimate of drug-likeness (QED) is 0.595. The number of esters is 1. The Hall–Kier alpha value is -1.20. The van der Waals surface area contributed by atoms with Gasteiger partial charge in [-0.3, -0.25) is 9.59 Å². The second kappa shape index (κ2) is 8.95. The van der Waals surface area contributed by atoms with Gasteiger partial charge < -0.3 is 14.6 Å². The molecule has 1 aliphatic heterocycles. The minimum atomic E-state index is -1.60. The zero-order chi connectivity index (χ0) is 20.1. The Balaban J connectivity index is 0.000000609. The van der Waals surface area contributed by atoms with E-state index in [1.54, 1.807) is 13.8 Å². The molecule has 1 N–H and O–H groups in total. The molecular weight excluding hydrogens is 320 g/mol. The summed E-state index contributed by atoms with van der Waals surface area (Å²) in [5, 5.41) is 9.51. The third-order valence-electron chi connectivity index (χ3n) is 3.51. The lowest BCUT2D eigenvalue weighted by Crippen LogP contribution is -2.48. The molecule has 146 valence electrons. The number of carbonyl (C=O) groups is 2. The lowest BCUT2D eigenvalue weighted by Gasteiger charge is -2.32. The van der Waals surface area contributed by atoms with Crippen LogP contribution in [0.1, 0.15) is 74.7 Å². The first-order valence-electron chi connectivity index (χ1n) is 8.86. The molecule has 1 aliphatic rings. The largest absolute Gasteiger partial charge is 0.425 e. The van der Waals surface area contributed by atoms with Crippen LogP contribution >= 0.6 is 0 Å². The second-order valence-electron chi connectivity index (χ2n) is 9.10. The first kappa shape index (κ1) is 23.8. The van der Waals surface area contributed by atoms with Gasteiger partial charge in [-0.2, -0.15) is 0 Å². The number of aliphatic hydroxyl groups is 1. The third-order valence-corrected chi connectivity index (χ3v) is 3.51. The Labute approximate surface area is 152 Å². The van der Waals surface area contributed by atoms with Gasteiger partial charge in [0.25, 0.3) is 5.79 Å². The Kier molecular flexibility index (Phi) is 8.52. The molecule has 0 aromatic carbocycles. The molecule has 25 heavy (non-hydrogen) atoms. The van der Waals surface area contributed by atoms with Gasteiger partial charge in [0.15, 0.2) is 0 Å². The van der Waals surface area contributed by atoms with Crippen molar-refractivity contribution < 1.29 is 24.2 Å². The van der Waals surface area contributed by atoms with E-state index in [1.165, 1.54) is 13.3 Å². The summed E-state index contributed by atoms with van der Waals surface area (Å²) in [6.45, 7) is 19.7. The molecule has 1 fully saturated rings. The van der Waals surface area contributed by atoms with E-state index in [0.29, 0.717) is 11.8 Å². The predicted molar refractivity (Wildman–Crippen MR) is 99.0 cm³/mol. The number of carbonyl (C=O) groups excluding carboxylic acids is 2. The van der Waals surface area contributed by atoms with Crippen LogP contribution in [-0.4, -0.2) is 34.9 Å². The molecule has 0 radical (unpaired) electrons. The van der Waals surface area contributed by atoms with Gasteiger partial charge >= 0.3 is 5.97 Å². The summed E-state index contributed by atoms with van der Waals surface area (Å²) in [7, 11) is 0. The number of ether oxygens (including phenoxy) is 2. The fourth-order valence-electron chi connectivity index (χ4n) is 2.69. The van der Waals surface area contributed by atoms with E-state index in [0.717, 1.165) is 5.92 Å². The minimum absolute atomic E-state index is 0.0940. The summed E-state index contributed by atoms with van der Waals surface area (Å²) < 4.78 is 10.2. The van der Waals surface area contributed by atoms with Crippen molar-refractivity contribution in [1.29, 1.82) is 0 Å². The van der Waals surface area contributed by atoms with Gasteiger partial charge in [-0.05, 0) is 38.0 Å². The molecule has 0 saturated carbocycles. The summed E-state index contributed by atoms with van der Waals surface area (Å²) in [5.74, 6) is -1.71. The summed E-state index contributed by atoms with van der Waals surface area (Å²) in [6, 6.07) is 0. The van der Waals surface area contributed by atoms with Gasteiger partial charge in [-0.15, -0.1) is 0 Å². The van der Waals surface area contributed by atoms with Gasteiger partial charge in [-0.1, -0.05) is 41.2 Å². The van der Waals surface area contributed by atoms with Crippen molar-refractivity contribution in [3.8, 4) is 0 Å². The molecule has 0 aliphatic carbocycles. The van der Waals surface area contributed by atoms with Crippen molar-refractivity contribution >= 4 is 11.8 Å². The maximum Gasteiger partial charge on any atom is 0.313 e. The molecule has 1 rings (SSSR count). The number of Topliss-reactive ketones (excluding diaryl/α,β-unsaturated/α-hetero) is 1.